The van der Waals surface area contributed by atoms with Crippen LogP contribution in [0.5, 0.6) is 23.0 Å². The standard InChI is InChI=1S/C34H32FN5O7/c1-21-20-40(23-9-5-3-6-10-23)38-32(33(21)42)34(43)37-22-12-13-28(25(35)17-22)47-27-14-15-36-26-19-30(29(45-2)18-24(26)27)46-16-8-4-7-11-31(41)39-44/h3,5-6,9-10,12-15,17-20,44H,4,7-8,11,16H2,1-2H3,(H,37,43)(H,39,41). The van der Waals surface area contributed by atoms with Gasteiger partial charge in [-0.25, -0.2) is 14.6 Å². The number of anilines is 1. The van der Waals surface area contributed by atoms with E-state index in [9.17, 15) is 14.4 Å². The number of para-hydroxylation sites is 1. The molecule has 0 saturated carbocycles. The third-order valence-corrected chi connectivity index (χ3v) is 7.16. The molecular weight excluding hydrogens is 609 g/mol. The Morgan fingerprint density at radius 3 is 2.51 bits per heavy atom. The fourth-order valence-electron chi connectivity index (χ4n) is 4.73. The number of carbonyl (C=O) groups excluding carboxylic acids is 2. The zero-order valence-corrected chi connectivity index (χ0v) is 25.7. The molecule has 3 aromatic carbocycles. The van der Waals surface area contributed by atoms with Gasteiger partial charge < -0.3 is 19.5 Å². The molecule has 0 fully saturated rings. The van der Waals surface area contributed by atoms with Crippen molar-refractivity contribution in [2.24, 2.45) is 0 Å². The molecule has 13 heteroatoms. The van der Waals surface area contributed by atoms with E-state index in [4.69, 9.17) is 19.4 Å². The van der Waals surface area contributed by atoms with Crippen molar-refractivity contribution in [1.82, 2.24) is 20.2 Å². The molecule has 2 amide bonds. The summed E-state index contributed by atoms with van der Waals surface area (Å²) in [6.07, 6.45) is 5.30. The van der Waals surface area contributed by atoms with Gasteiger partial charge in [0.25, 0.3) is 5.91 Å². The van der Waals surface area contributed by atoms with Gasteiger partial charge in [-0.05, 0) is 62.6 Å². The second kappa shape index (κ2) is 15.0. The van der Waals surface area contributed by atoms with Crippen LogP contribution in [0.25, 0.3) is 16.6 Å². The molecule has 5 rings (SSSR count). The largest absolute Gasteiger partial charge is 0.493 e. The van der Waals surface area contributed by atoms with Gasteiger partial charge in [-0.15, -0.1) is 0 Å². The summed E-state index contributed by atoms with van der Waals surface area (Å²) >= 11 is 0. The number of pyridine rings is 1. The number of hydroxylamine groups is 1. The molecule has 0 aliphatic rings. The predicted octanol–water partition coefficient (Wildman–Crippen LogP) is 5.73. The van der Waals surface area contributed by atoms with Crippen molar-refractivity contribution < 1.29 is 33.4 Å². The van der Waals surface area contributed by atoms with Gasteiger partial charge in [0.1, 0.15) is 5.75 Å². The number of hydrogen-bond donors (Lipinski definition) is 3. The van der Waals surface area contributed by atoms with Crippen molar-refractivity contribution >= 4 is 28.4 Å². The highest BCUT2D eigenvalue weighted by Crippen LogP contribution is 2.38. The van der Waals surface area contributed by atoms with Crippen LogP contribution in [0.2, 0.25) is 0 Å². The normalized spacial score (nSPS) is 10.8. The van der Waals surface area contributed by atoms with E-state index in [-0.39, 0.29) is 23.6 Å². The Bertz CT molecular complexity index is 1970. The number of fused-ring (bicyclic) bond motifs is 1. The fourth-order valence-corrected chi connectivity index (χ4v) is 4.73. The highest BCUT2D eigenvalue weighted by molar-refractivity contribution is 6.02. The van der Waals surface area contributed by atoms with Crippen molar-refractivity contribution in [2.75, 3.05) is 19.0 Å². The Morgan fingerprint density at radius 2 is 1.77 bits per heavy atom. The van der Waals surface area contributed by atoms with Crippen LogP contribution in [-0.4, -0.2) is 45.5 Å². The smallest absolute Gasteiger partial charge is 0.280 e. The average molecular weight is 642 g/mol. The van der Waals surface area contributed by atoms with Gasteiger partial charge in [-0.2, -0.15) is 5.10 Å². The van der Waals surface area contributed by atoms with Crippen molar-refractivity contribution in [3.8, 4) is 28.7 Å². The minimum Gasteiger partial charge on any atom is -0.493 e. The van der Waals surface area contributed by atoms with E-state index in [0.29, 0.717) is 58.9 Å². The number of nitrogens with zero attached hydrogens (tertiary/aromatic N) is 3. The van der Waals surface area contributed by atoms with Crippen LogP contribution >= 0.6 is 0 Å². The third-order valence-electron chi connectivity index (χ3n) is 7.16. The van der Waals surface area contributed by atoms with E-state index in [1.807, 2.05) is 18.2 Å². The number of halogens is 1. The molecule has 47 heavy (non-hydrogen) atoms. The highest BCUT2D eigenvalue weighted by atomic mass is 19.1. The Morgan fingerprint density at radius 1 is 0.957 bits per heavy atom. The first-order chi connectivity index (χ1) is 22.8. The topological polar surface area (TPSA) is 154 Å². The lowest BCUT2D eigenvalue weighted by atomic mass is 10.1. The van der Waals surface area contributed by atoms with Crippen LogP contribution in [0.4, 0.5) is 10.1 Å². The van der Waals surface area contributed by atoms with Crippen molar-refractivity contribution in [2.45, 2.75) is 32.6 Å². The van der Waals surface area contributed by atoms with Crippen LogP contribution in [0.1, 0.15) is 41.7 Å². The average Bonchev–Trinajstić information content (AvgIpc) is 3.08. The van der Waals surface area contributed by atoms with E-state index in [0.717, 1.165) is 12.5 Å². The number of aromatic nitrogens is 3. The maximum Gasteiger partial charge on any atom is 0.280 e. The summed E-state index contributed by atoms with van der Waals surface area (Å²) in [5, 5.41) is 15.9. The first-order valence-electron chi connectivity index (χ1n) is 14.7. The molecule has 12 nitrogen and oxygen atoms in total. The Balaban J connectivity index is 1.29. The number of amides is 2. The first kappa shape index (κ1) is 32.6. The molecule has 2 aromatic heterocycles. The molecular formula is C34H32FN5O7. The monoisotopic (exact) mass is 641 g/mol. The predicted molar refractivity (Wildman–Crippen MR) is 171 cm³/mol. The van der Waals surface area contributed by atoms with Gasteiger partial charge in [0.05, 0.1) is 24.9 Å². The number of nitrogens with one attached hydrogen (secondary N) is 2. The Hall–Kier alpha value is -5.82. The van der Waals surface area contributed by atoms with E-state index in [1.54, 1.807) is 48.9 Å². The Kier molecular flexibility index (Phi) is 10.4. The number of aryl methyl sites for hydroxylation is 1. The summed E-state index contributed by atoms with van der Waals surface area (Å²) < 4.78 is 34.0. The maximum absolute atomic E-state index is 15.3. The highest BCUT2D eigenvalue weighted by Gasteiger charge is 2.18. The van der Waals surface area contributed by atoms with Crippen LogP contribution < -0.4 is 30.4 Å². The lowest BCUT2D eigenvalue weighted by Crippen LogP contribution is -2.27. The number of ether oxygens (including phenoxy) is 3. The van der Waals surface area contributed by atoms with E-state index < -0.39 is 23.1 Å². The van der Waals surface area contributed by atoms with Crippen molar-refractivity contribution in [3.05, 3.63) is 106 Å². The van der Waals surface area contributed by atoms with Crippen molar-refractivity contribution in [1.29, 1.82) is 0 Å². The van der Waals surface area contributed by atoms with Gasteiger partial charge in [0, 0.05) is 47.6 Å². The molecule has 0 saturated heterocycles. The maximum atomic E-state index is 15.3. The number of rotatable bonds is 13. The van der Waals surface area contributed by atoms with Crippen LogP contribution in [0.3, 0.4) is 0 Å². The quantitative estimate of drug-likeness (QED) is 0.0831. The minimum atomic E-state index is -0.782. The zero-order chi connectivity index (χ0) is 33.3. The lowest BCUT2D eigenvalue weighted by Gasteiger charge is -2.14. The zero-order valence-electron chi connectivity index (χ0n) is 25.7. The van der Waals surface area contributed by atoms with Crippen LogP contribution in [-0.2, 0) is 4.79 Å². The minimum absolute atomic E-state index is 0.105. The summed E-state index contributed by atoms with van der Waals surface area (Å²) in [4.78, 5) is 41.3. The molecule has 0 bridgehead atoms. The second-order valence-electron chi connectivity index (χ2n) is 10.5. The van der Waals surface area contributed by atoms with E-state index in [2.05, 4.69) is 15.4 Å². The van der Waals surface area contributed by atoms with Gasteiger partial charge >= 0.3 is 0 Å². The Labute approximate surface area is 268 Å². The van der Waals surface area contributed by atoms with Crippen LogP contribution in [0.15, 0.2) is 83.9 Å². The summed E-state index contributed by atoms with van der Waals surface area (Å²) in [7, 11) is 1.49. The molecule has 0 atom stereocenters. The lowest BCUT2D eigenvalue weighted by molar-refractivity contribution is -0.129. The van der Waals surface area contributed by atoms with Crippen LogP contribution in [0, 0.1) is 12.7 Å². The summed E-state index contributed by atoms with van der Waals surface area (Å²) in [5.41, 5.74) is 2.36. The van der Waals surface area contributed by atoms with Crippen molar-refractivity contribution in [3.63, 3.8) is 0 Å². The van der Waals surface area contributed by atoms with Gasteiger partial charge in [0.2, 0.25) is 11.3 Å². The van der Waals surface area contributed by atoms with Gasteiger partial charge in [0.15, 0.2) is 28.8 Å². The van der Waals surface area contributed by atoms with E-state index in [1.165, 1.54) is 30.1 Å². The number of benzene rings is 3. The first-order valence-corrected chi connectivity index (χ1v) is 14.7. The fraction of sp³-hybridized carbons (Fsp3) is 0.206. The third kappa shape index (κ3) is 7.89. The number of methoxy groups -OCH3 is 1. The number of hydrogen-bond acceptors (Lipinski definition) is 9. The summed E-state index contributed by atoms with van der Waals surface area (Å²) in [6.45, 7) is 1.96. The van der Waals surface area contributed by atoms with Gasteiger partial charge in [-0.1, -0.05) is 18.2 Å². The molecule has 242 valence electrons. The molecule has 0 radical (unpaired) electrons. The molecule has 0 aliphatic heterocycles. The number of unbranched alkanes of at least 4 members (excludes halogenated alkanes) is 2. The molecule has 0 aliphatic carbocycles. The second-order valence-corrected chi connectivity index (χ2v) is 10.5. The summed E-state index contributed by atoms with van der Waals surface area (Å²) in [6, 6.07) is 17.9. The molecule has 2 heterocycles. The van der Waals surface area contributed by atoms with E-state index >= 15 is 4.39 Å². The van der Waals surface area contributed by atoms with Gasteiger partial charge in [-0.3, -0.25) is 24.6 Å². The molecule has 0 unspecified atom stereocenters. The number of carbonyl (C=O) groups is 2. The SMILES string of the molecule is COc1cc2c(Oc3ccc(NC(=O)c4nn(-c5ccccc5)cc(C)c4=O)cc3F)ccnc2cc1OCCCCCC(=O)NO. The summed E-state index contributed by atoms with van der Waals surface area (Å²) in [5.74, 6) is -0.883. The molecule has 5 aromatic rings. The molecule has 0 spiro atoms. The molecule has 3 N–H and O–H groups in total.